The molecule has 0 saturated carbocycles. The minimum atomic E-state index is 0.496. The average Bonchev–Trinajstić information content (AvgIpc) is 1.87. The van der Waals surface area contributed by atoms with Crippen LogP contribution in [0.3, 0.4) is 0 Å². The highest BCUT2D eigenvalue weighted by Gasteiger charge is 1.93. The summed E-state index contributed by atoms with van der Waals surface area (Å²) in [6.45, 7) is 1.70. The topological polar surface area (TPSA) is 9.23 Å². The van der Waals surface area contributed by atoms with Gasteiger partial charge in [0.15, 0.2) is 0 Å². The molecule has 62 valence electrons. The second-order valence-electron chi connectivity index (χ2n) is 2.35. The molecule has 0 bridgehead atoms. The molecule has 0 aliphatic heterocycles. The molecule has 0 N–H and O–H groups in total. The Morgan fingerprint density at radius 1 is 1.40 bits per heavy atom. The van der Waals surface area contributed by atoms with Crippen molar-refractivity contribution >= 4 is 35.5 Å². The Hall–Kier alpha value is 0.877. The Morgan fingerprint density at radius 2 is 2.10 bits per heavy atom. The molecule has 0 aliphatic carbocycles. The molecule has 1 nitrogen and oxygen atoms in total. The van der Waals surface area contributed by atoms with E-state index >= 15 is 0 Å². The van der Waals surface area contributed by atoms with E-state index in [1.165, 1.54) is 0 Å². The third-order valence-electron chi connectivity index (χ3n) is 1.06. The van der Waals surface area contributed by atoms with Crippen LogP contribution in [0.25, 0.3) is 0 Å². The van der Waals surface area contributed by atoms with Crippen LogP contribution in [-0.4, -0.2) is 34.1 Å². The van der Waals surface area contributed by atoms with Crippen molar-refractivity contribution < 1.29 is 4.74 Å². The van der Waals surface area contributed by atoms with Gasteiger partial charge in [-0.05, 0) is 18.6 Å². The Balaban J connectivity index is 2.77. The molecule has 4 heteroatoms. The van der Waals surface area contributed by atoms with Crippen molar-refractivity contribution in [2.45, 2.75) is 17.7 Å². The minimum absolute atomic E-state index is 0.496. The first-order chi connectivity index (χ1) is 4.77. The van der Waals surface area contributed by atoms with E-state index in [4.69, 9.17) is 4.74 Å². The number of hydrogen-bond donors (Lipinski definition) is 2. The van der Waals surface area contributed by atoms with Gasteiger partial charge in [0.05, 0.1) is 6.61 Å². The highest BCUT2D eigenvalue weighted by Crippen LogP contribution is 1.94. The van der Waals surface area contributed by atoms with Crippen LogP contribution in [0.5, 0.6) is 0 Å². The van der Waals surface area contributed by atoms with E-state index in [2.05, 4.69) is 25.3 Å². The van der Waals surface area contributed by atoms with Crippen molar-refractivity contribution in [3.63, 3.8) is 0 Å². The van der Waals surface area contributed by atoms with Crippen LogP contribution in [-0.2, 0) is 4.74 Å². The van der Waals surface area contributed by atoms with Gasteiger partial charge in [-0.25, -0.2) is 0 Å². The van der Waals surface area contributed by atoms with Crippen molar-refractivity contribution in [1.82, 2.24) is 0 Å². The van der Waals surface area contributed by atoms with Gasteiger partial charge in [-0.15, -0.1) is 0 Å². The highest BCUT2D eigenvalue weighted by atomic mass is 32.1. The summed E-state index contributed by atoms with van der Waals surface area (Å²) < 4.78 is 5.32. The van der Waals surface area contributed by atoms with E-state index in [-0.39, 0.29) is 0 Å². The molecular formula is C6H16OS2Si. The first-order valence-corrected chi connectivity index (χ1v) is 5.94. The van der Waals surface area contributed by atoms with E-state index in [0.717, 1.165) is 42.1 Å². The summed E-state index contributed by atoms with van der Waals surface area (Å²) in [4.78, 5) is 0.496. The smallest absolute Gasteiger partial charge is 0.0547 e. The fraction of sp³-hybridized carbons (Fsp3) is 1.00. The SMILES string of the molecule is [SiH3]C(S)COCCCCS. The maximum atomic E-state index is 5.32. The predicted octanol–water partition coefficient (Wildman–Crippen LogP) is 0.334. The van der Waals surface area contributed by atoms with Crippen molar-refractivity contribution in [3.8, 4) is 0 Å². The lowest BCUT2D eigenvalue weighted by atomic mass is 10.4. The monoisotopic (exact) mass is 196 g/mol. The summed E-state index contributed by atoms with van der Waals surface area (Å²) in [5.74, 6) is 0.967. The number of hydrogen-bond acceptors (Lipinski definition) is 3. The third kappa shape index (κ3) is 8.88. The van der Waals surface area contributed by atoms with Crippen LogP contribution in [0.1, 0.15) is 12.8 Å². The van der Waals surface area contributed by atoms with Crippen molar-refractivity contribution in [3.05, 3.63) is 0 Å². The van der Waals surface area contributed by atoms with Gasteiger partial charge in [-0.3, -0.25) is 0 Å². The lowest BCUT2D eigenvalue weighted by molar-refractivity contribution is 0.142. The minimum Gasteiger partial charge on any atom is -0.381 e. The lowest BCUT2D eigenvalue weighted by Crippen LogP contribution is -2.09. The molecule has 0 aromatic heterocycles. The van der Waals surface area contributed by atoms with Gasteiger partial charge in [0.25, 0.3) is 0 Å². The molecule has 0 spiro atoms. The molecule has 0 radical (unpaired) electrons. The molecule has 1 atom stereocenters. The van der Waals surface area contributed by atoms with Crippen LogP contribution < -0.4 is 0 Å². The standard InChI is InChI=1S/C6H16OS2Si/c8-4-2-1-3-7-5-6(9)10/h6,8-9H,1-5H2,10H3. The molecule has 10 heavy (non-hydrogen) atoms. The molecule has 0 fully saturated rings. The fourth-order valence-corrected chi connectivity index (χ4v) is 1.13. The second kappa shape index (κ2) is 7.98. The maximum absolute atomic E-state index is 5.32. The fourth-order valence-electron chi connectivity index (χ4n) is 0.570. The largest absolute Gasteiger partial charge is 0.381 e. The Morgan fingerprint density at radius 3 is 2.60 bits per heavy atom. The second-order valence-corrected chi connectivity index (χ2v) is 6.05. The first kappa shape index (κ1) is 10.9. The van der Waals surface area contributed by atoms with E-state index < -0.39 is 0 Å². The summed E-state index contributed by atoms with van der Waals surface area (Å²) in [6.07, 6.45) is 2.28. The summed E-state index contributed by atoms with van der Waals surface area (Å²) in [7, 11) is 1.11. The number of rotatable bonds is 6. The number of unbranched alkanes of at least 4 members (excludes halogenated alkanes) is 1. The third-order valence-corrected chi connectivity index (χ3v) is 1.85. The Kier molecular flexibility index (Phi) is 8.68. The van der Waals surface area contributed by atoms with Gasteiger partial charge in [0.2, 0.25) is 0 Å². The first-order valence-electron chi connectivity index (χ1n) is 3.64. The zero-order valence-electron chi connectivity index (χ0n) is 6.42. The van der Waals surface area contributed by atoms with Gasteiger partial charge in [0, 0.05) is 21.7 Å². The summed E-state index contributed by atoms with van der Waals surface area (Å²) in [6, 6.07) is 0. The van der Waals surface area contributed by atoms with Crippen molar-refractivity contribution in [1.29, 1.82) is 0 Å². The molecule has 1 unspecified atom stereocenters. The van der Waals surface area contributed by atoms with Gasteiger partial charge < -0.3 is 4.74 Å². The van der Waals surface area contributed by atoms with Gasteiger partial charge in [0.1, 0.15) is 0 Å². The molecule has 0 heterocycles. The zero-order chi connectivity index (χ0) is 7.82. The lowest BCUT2D eigenvalue weighted by Gasteiger charge is -2.04. The number of thiol groups is 2. The van der Waals surface area contributed by atoms with Gasteiger partial charge >= 0.3 is 0 Å². The van der Waals surface area contributed by atoms with Gasteiger partial charge in [-0.1, -0.05) is 0 Å². The van der Waals surface area contributed by atoms with E-state index in [1.54, 1.807) is 0 Å². The quantitative estimate of drug-likeness (QED) is 0.354. The molecule has 0 saturated heterocycles. The van der Waals surface area contributed by atoms with Crippen LogP contribution in [0.4, 0.5) is 0 Å². The molecule has 0 aromatic carbocycles. The van der Waals surface area contributed by atoms with E-state index in [0.29, 0.717) is 4.87 Å². The summed E-state index contributed by atoms with van der Waals surface area (Å²) >= 11 is 8.34. The highest BCUT2D eigenvalue weighted by molar-refractivity contribution is 7.82. The molecule has 0 aliphatic rings. The van der Waals surface area contributed by atoms with Gasteiger partial charge in [-0.2, -0.15) is 25.3 Å². The summed E-state index contributed by atoms with van der Waals surface area (Å²) in [5, 5.41) is 0. The van der Waals surface area contributed by atoms with Crippen molar-refractivity contribution in [2.75, 3.05) is 19.0 Å². The zero-order valence-corrected chi connectivity index (χ0v) is 10.2. The average molecular weight is 196 g/mol. The normalized spacial score (nSPS) is 13.8. The predicted molar refractivity (Wildman–Crippen MR) is 56.6 cm³/mol. The summed E-state index contributed by atoms with van der Waals surface area (Å²) in [5.41, 5.74) is 0. The molecular weight excluding hydrogens is 180 g/mol. The molecule has 0 aromatic rings. The van der Waals surface area contributed by atoms with Crippen LogP contribution in [0.15, 0.2) is 0 Å². The van der Waals surface area contributed by atoms with Crippen LogP contribution in [0, 0.1) is 0 Å². The van der Waals surface area contributed by atoms with Crippen LogP contribution >= 0.6 is 25.3 Å². The number of ether oxygens (including phenoxy) is 1. The van der Waals surface area contributed by atoms with E-state index in [1.807, 2.05) is 0 Å². The van der Waals surface area contributed by atoms with Crippen LogP contribution in [0.2, 0.25) is 0 Å². The molecule has 0 amide bonds. The van der Waals surface area contributed by atoms with E-state index in [9.17, 15) is 0 Å². The maximum Gasteiger partial charge on any atom is 0.0547 e. The molecule has 0 rings (SSSR count). The Labute approximate surface area is 77.2 Å². The van der Waals surface area contributed by atoms with Crippen molar-refractivity contribution in [2.24, 2.45) is 0 Å². The Bertz CT molecular complexity index is 70.8.